The van der Waals surface area contributed by atoms with Gasteiger partial charge in [-0.3, -0.25) is 38.7 Å². The van der Waals surface area contributed by atoms with Crippen molar-refractivity contribution in [2.45, 2.75) is 56.8 Å². The number of aliphatic carboxylic acids is 1. The van der Waals surface area contributed by atoms with E-state index >= 15 is 0 Å². The number of rotatable bonds is 12. The zero-order chi connectivity index (χ0) is 37.5. The van der Waals surface area contributed by atoms with E-state index in [1.165, 1.54) is 23.2 Å². The number of nitrogens with zero attached hydrogens (tertiary/aromatic N) is 4. The minimum atomic E-state index is -1.65. The third-order valence-electron chi connectivity index (χ3n) is 9.28. The maximum absolute atomic E-state index is 14.0. The Morgan fingerprint density at radius 3 is 2.27 bits per heavy atom. The number of hydrogen-bond donors (Lipinski definition) is 3. The second-order valence-electron chi connectivity index (χ2n) is 13.0. The minimum Gasteiger partial charge on any atom is -0.481 e. The molecule has 0 saturated carbocycles. The first kappa shape index (κ1) is 38.7. The highest BCUT2D eigenvalue weighted by Gasteiger charge is 2.45. The van der Waals surface area contributed by atoms with Gasteiger partial charge in [0.05, 0.1) is 22.0 Å². The number of hydrogen-bond acceptors (Lipinski definition) is 10. The molecule has 3 fully saturated rings. The van der Waals surface area contributed by atoms with Gasteiger partial charge in [0, 0.05) is 51.3 Å². The first-order chi connectivity index (χ1) is 24.8. The number of carbonyl (C=O) groups excluding carboxylic acids is 6. The summed E-state index contributed by atoms with van der Waals surface area (Å²) < 4.78 is 5.04. The summed E-state index contributed by atoms with van der Waals surface area (Å²) in [7, 11) is 2.09. The van der Waals surface area contributed by atoms with Crippen LogP contribution in [0.15, 0.2) is 42.5 Å². The summed E-state index contributed by atoms with van der Waals surface area (Å²) in [6.45, 7) is 3.82. The van der Waals surface area contributed by atoms with E-state index in [0.717, 1.165) is 43.3 Å². The fourth-order valence-corrected chi connectivity index (χ4v) is 6.92. The third kappa shape index (κ3) is 9.45. The van der Waals surface area contributed by atoms with E-state index in [2.05, 4.69) is 27.5 Å². The van der Waals surface area contributed by atoms with Crippen LogP contribution in [0.5, 0.6) is 0 Å². The van der Waals surface area contributed by atoms with Crippen molar-refractivity contribution < 1.29 is 43.4 Å². The number of esters is 1. The molecule has 0 radical (unpaired) electrons. The van der Waals surface area contributed by atoms with E-state index < -0.39 is 72.5 Å². The zero-order valence-corrected chi connectivity index (χ0v) is 30.0. The molecule has 0 spiro atoms. The number of Topliss-reactive ketones (excluding diaryl/α,β-unsaturated/α-hetero) is 1. The Morgan fingerprint density at radius 2 is 1.62 bits per heavy atom. The molecule has 2 aromatic rings. The molecule has 5 rings (SSSR count). The van der Waals surface area contributed by atoms with Gasteiger partial charge in [0.25, 0.3) is 11.8 Å². The summed E-state index contributed by atoms with van der Waals surface area (Å²) in [5, 5.41) is 16.7. The third-order valence-corrected chi connectivity index (χ3v) is 9.91. The number of likely N-dealkylation sites (N-methyl/N-ethyl adjacent to an activating group) is 1. The number of amides is 4. The second-order valence-corrected chi connectivity index (χ2v) is 13.8. The van der Waals surface area contributed by atoms with Crippen LogP contribution in [0.25, 0.3) is 0 Å². The van der Waals surface area contributed by atoms with Gasteiger partial charge in [0.1, 0.15) is 18.1 Å². The standard InChI is InChI=1S/C35H40Cl2N6O9/c1-40-14-16-41(17-15-40)19-21-7-9-22(10-8-21)32(48)38-25-11-12-29(45)42-13-3-6-27(43(42)34(25)50)33(49)39-26(18-30(46)47)28(44)20-52-35(51)31-23(36)4-2-5-24(31)37/h2,4-5,7-10,25-27H,3,6,11-20H2,1H3,(H,38,48)(H,39,49)(H,46,47)/t25?,26-,27?/m0/s1. The monoisotopic (exact) mass is 758 g/mol. The molecule has 15 nitrogen and oxygen atoms in total. The fourth-order valence-electron chi connectivity index (χ4n) is 6.36. The van der Waals surface area contributed by atoms with Crippen molar-refractivity contribution in [3.05, 3.63) is 69.2 Å². The lowest BCUT2D eigenvalue weighted by Gasteiger charge is -2.43. The lowest BCUT2D eigenvalue weighted by Crippen LogP contribution is -2.64. The van der Waals surface area contributed by atoms with Gasteiger partial charge in [0.2, 0.25) is 11.8 Å². The van der Waals surface area contributed by atoms with Gasteiger partial charge in [0.15, 0.2) is 12.4 Å². The van der Waals surface area contributed by atoms with Gasteiger partial charge < -0.3 is 25.4 Å². The van der Waals surface area contributed by atoms with Crippen molar-refractivity contribution in [2.24, 2.45) is 0 Å². The predicted octanol–water partition coefficient (Wildman–Crippen LogP) is 1.75. The smallest absolute Gasteiger partial charge is 0.341 e. The molecule has 0 bridgehead atoms. The highest BCUT2D eigenvalue weighted by Crippen LogP contribution is 2.27. The van der Waals surface area contributed by atoms with Crippen LogP contribution in [0.2, 0.25) is 10.0 Å². The highest BCUT2D eigenvalue weighted by atomic mass is 35.5. The summed E-state index contributed by atoms with van der Waals surface area (Å²) in [5.41, 5.74) is 1.17. The lowest BCUT2D eigenvalue weighted by atomic mass is 10.0. The number of fused-ring (bicyclic) bond motifs is 1. The summed E-state index contributed by atoms with van der Waals surface area (Å²) in [6, 6.07) is 7.27. The number of carboxylic acid groups (broad SMARTS) is 1. The van der Waals surface area contributed by atoms with Gasteiger partial charge in [-0.25, -0.2) is 9.80 Å². The molecule has 2 aromatic carbocycles. The first-order valence-corrected chi connectivity index (χ1v) is 17.7. The second kappa shape index (κ2) is 17.3. The molecule has 3 saturated heterocycles. The molecule has 2 unspecified atom stereocenters. The number of halogens is 2. The molecule has 4 amide bonds. The number of nitrogens with one attached hydrogen (secondary N) is 2. The number of ether oxygens (including phenoxy) is 1. The van der Waals surface area contributed by atoms with E-state index in [-0.39, 0.29) is 41.4 Å². The van der Waals surface area contributed by atoms with Crippen molar-refractivity contribution in [1.82, 2.24) is 30.5 Å². The number of carbonyl (C=O) groups is 7. The van der Waals surface area contributed by atoms with Crippen LogP contribution in [0.3, 0.4) is 0 Å². The number of ketones is 1. The Labute approximate surface area is 310 Å². The Bertz CT molecular complexity index is 1700. The normalized spacial score (nSPS) is 20.4. The SMILES string of the molecule is CN1CCN(Cc2ccc(C(=O)NC3CCC(=O)N4CCCC(C(=O)N[C@@H](CC(=O)O)C(=O)COC(=O)c5c(Cl)cccc5Cl)N4C3=O)cc2)CC1. The van der Waals surface area contributed by atoms with Gasteiger partial charge >= 0.3 is 11.9 Å². The van der Waals surface area contributed by atoms with Gasteiger partial charge in [-0.15, -0.1) is 0 Å². The molecule has 278 valence electrons. The van der Waals surface area contributed by atoms with Crippen molar-refractivity contribution in [3.8, 4) is 0 Å². The quantitative estimate of drug-likeness (QED) is 0.268. The van der Waals surface area contributed by atoms with E-state index in [9.17, 15) is 38.7 Å². The lowest BCUT2D eigenvalue weighted by molar-refractivity contribution is -0.176. The van der Waals surface area contributed by atoms with Crippen molar-refractivity contribution in [2.75, 3.05) is 46.4 Å². The fraction of sp³-hybridized carbons (Fsp3) is 0.457. The highest BCUT2D eigenvalue weighted by molar-refractivity contribution is 6.39. The van der Waals surface area contributed by atoms with Gasteiger partial charge in [-0.05, 0) is 56.1 Å². The summed E-state index contributed by atoms with van der Waals surface area (Å²) in [4.78, 5) is 96.0. The van der Waals surface area contributed by atoms with E-state index in [0.29, 0.717) is 12.0 Å². The van der Waals surface area contributed by atoms with E-state index in [4.69, 9.17) is 27.9 Å². The molecule has 3 aliphatic heterocycles. The first-order valence-electron chi connectivity index (χ1n) is 16.9. The zero-order valence-electron chi connectivity index (χ0n) is 28.5. The van der Waals surface area contributed by atoms with Crippen LogP contribution in [0.1, 0.15) is 58.4 Å². The van der Waals surface area contributed by atoms with E-state index in [1.54, 1.807) is 12.1 Å². The average molecular weight is 760 g/mol. The summed E-state index contributed by atoms with van der Waals surface area (Å²) in [6.07, 6.45) is -0.519. The van der Waals surface area contributed by atoms with E-state index in [1.807, 2.05) is 12.1 Å². The predicted molar refractivity (Wildman–Crippen MR) is 187 cm³/mol. The van der Waals surface area contributed by atoms with Crippen molar-refractivity contribution in [1.29, 1.82) is 0 Å². The topological polar surface area (TPSA) is 186 Å². The van der Waals surface area contributed by atoms with Crippen molar-refractivity contribution in [3.63, 3.8) is 0 Å². The minimum absolute atomic E-state index is 0.00677. The largest absolute Gasteiger partial charge is 0.481 e. The molecule has 0 aliphatic carbocycles. The molecule has 3 atom stereocenters. The molecule has 0 aromatic heterocycles. The van der Waals surface area contributed by atoms with Crippen molar-refractivity contribution >= 4 is 64.6 Å². The molecular formula is C35H40Cl2N6O9. The van der Waals surface area contributed by atoms with Crippen LogP contribution in [0.4, 0.5) is 0 Å². The Hall–Kier alpha value is -4.57. The maximum atomic E-state index is 14.0. The molecule has 3 heterocycles. The number of hydrazine groups is 1. The van der Waals surface area contributed by atoms with Crippen LogP contribution in [-0.2, 0) is 35.3 Å². The van der Waals surface area contributed by atoms with Crippen LogP contribution in [-0.4, -0.2) is 131 Å². The van der Waals surface area contributed by atoms with Gasteiger partial charge in [-0.1, -0.05) is 41.4 Å². The summed E-state index contributed by atoms with van der Waals surface area (Å²) >= 11 is 12.1. The molecular weight excluding hydrogens is 719 g/mol. The molecule has 17 heteroatoms. The Balaban J connectivity index is 1.25. The number of benzene rings is 2. The number of piperazine rings is 1. The number of carboxylic acids is 1. The summed E-state index contributed by atoms with van der Waals surface area (Å²) in [5.74, 6) is -5.96. The average Bonchev–Trinajstić information content (AvgIpc) is 3.23. The van der Waals surface area contributed by atoms with Gasteiger partial charge in [-0.2, -0.15) is 0 Å². The molecule has 3 N–H and O–H groups in total. The van der Waals surface area contributed by atoms with Crippen LogP contribution >= 0.6 is 23.2 Å². The molecule has 3 aliphatic rings. The Morgan fingerprint density at radius 1 is 0.942 bits per heavy atom. The van der Waals surface area contributed by atoms with Crippen LogP contribution in [0, 0.1) is 0 Å². The Kier molecular flexibility index (Phi) is 12.9. The maximum Gasteiger partial charge on any atom is 0.341 e. The molecule has 52 heavy (non-hydrogen) atoms. The van der Waals surface area contributed by atoms with Crippen LogP contribution < -0.4 is 10.6 Å².